The zero-order chi connectivity index (χ0) is 20.7. The second-order valence-corrected chi connectivity index (χ2v) is 7.46. The number of benzene rings is 2. The van der Waals surface area contributed by atoms with Crippen LogP contribution >= 0.6 is 11.6 Å². The summed E-state index contributed by atoms with van der Waals surface area (Å²) in [6, 6.07) is 10.2. The Bertz CT molecular complexity index is 1040. The predicted molar refractivity (Wildman–Crippen MR) is 108 cm³/mol. The zero-order valence-electron chi connectivity index (χ0n) is 15.8. The van der Waals surface area contributed by atoms with Crippen LogP contribution in [0, 0.1) is 13.8 Å². The minimum Gasteiger partial charge on any atom is -0.324 e. The van der Waals surface area contributed by atoms with Crippen LogP contribution in [0.25, 0.3) is 0 Å². The fourth-order valence-corrected chi connectivity index (χ4v) is 3.48. The van der Waals surface area contributed by atoms with Gasteiger partial charge in [0, 0.05) is 10.7 Å². The average Bonchev–Trinajstić information content (AvgIpc) is 3.20. The maximum Gasteiger partial charge on any atom is 0.263 e. The van der Waals surface area contributed by atoms with Crippen molar-refractivity contribution in [1.82, 2.24) is 5.01 Å². The SMILES string of the molecule is Cc1ccc(N2C(=O)[C@H]3N=NN(CC(=O)Nc4ccc(Cl)cc4)[C@H]3C2=O)cc1C. The molecule has 8 nitrogen and oxygen atoms in total. The number of anilines is 2. The molecule has 2 aliphatic heterocycles. The van der Waals surface area contributed by atoms with Crippen LogP contribution in [-0.2, 0) is 14.4 Å². The number of fused-ring (bicyclic) bond motifs is 1. The molecule has 0 spiro atoms. The van der Waals surface area contributed by atoms with Crippen molar-refractivity contribution in [2.45, 2.75) is 25.9 Å². The maximum atomic E-state index is 13.0. The topological polar surface area (TPSA) is 94.4 Å². The van der Waals surface area contributed by atoms with Gasteiger partial charge in [0.05, 0.1) is 5.69 Å². The van der Waals surface area contributed by atoms with Gasteiger partial charge in [0.15, 0.2) is 12.1 Å². The van der Waals surface area contributed by atoms with Crippen LogP contribution in [0.5, 0.6) is 0 Å². The first-order valence-electron chi connectivity index (χ1n) is 9.03. The van der Waals surface area contributed by atoms with Crippen LogP contribution < -0.4 is 10.2 Å². The van der Waals surface area contributed by atoms with Crippen molar-refractivity contribution in [3.8, 4) is 0 Å². The van der Waals surface area contributed by atoms with Crippen molar-refractivity contribution < 1.29 is 14.4 Å². The first-order chi connectivity index (χ1) is 13.8. The van der Waals surface area contributed by atoms with Crippen molar-refractivity contribution in [3.63, 3.8) is 0 Å². The number of carbonyl (C=O) groups is 3. The molecule has 2 aromatic rings. The summed E-state index contributed by atoms with van der Waals surface area (Å²) in [5, 5.41) is 12.3. The number of hydrogen-bond acceptors (Lipinski definition) is 6. The van der Waals surface area contributed by atoms with E-state index in [4.69, 9.17) is 11.6 Å². The second-order valence-electron chi connectivity index (χ2n) is 7.03. The zero-order valence-corrected chi connectivity index (χ0v) is 16.6. The number of imide groups is 1. The highest BCUT2D eigenvalue weighted by atomic mass is 35.5. The van der Waals surface area contributed by atoms with Crippen LogP contribution in [0.4, 0.5) is 11.4 Å². The van der Waals surface area contributed by atoms with Gasteiger partial charge in [-0.15, -0.1) is 0 Å². The summed E-state index contributed by atoms with van der Waals surface area (Å²) < 4.78 is 0. The molecule has 3 amide bonds. The third kappa shape index (κ3) is 3.47. The molecule has 2 atom stereocenters. The van der Waals surface area contributed by atoms with Crippen LogP contribution in [0.3, 0.4) is 0 Å². The van der Waals surface area contributed by atoms with Gasteiger partial charge in [0.2, 0.25) is 5.91 Å². The number of halogens is 1. The van der Waals surface area contributed by atoms with Crippen molar-refractivity contribution in [3.05, 3.63) is 58.6 Å². The molecule has 0 bridgehead atoms. The molecule has 1 fully saturated rings. The molecule has 148 valence electrons. The number of amides is 3. The van der Waals surface area contributed by atoms with E-state index in [1.807, 2.05) is 19.9 Å². The molecule has 29 heavy (non-hydrogen) atoms. The molecule has 1 N–H and O–H groups in total. The Kier molecular flexibility index (Phi) is 4.79. The van der Waals surface area contributed by atoms with Crippen LogP contribution in [-0.4, -0.2) is 41.4 Å². The summed E-state index contributed by atoms with van der Waals surface area (Å²) in [5.74, 6) is -1.25. The highest BCUT2D eigenvalue weighted by Gasteiger charge is 2.55. The minimum absolute atomic E-state index is 0.201. The van der Waals surface area contributed by atoms with Gasteiger partial charge in [-0.2, -0.15) is 5.11 Å². The first kappa shape index (κ1) is 19.1. The Morgan fingerprint density at radius 1 is 1.07 bits per heavy atom. The van der Waals surface area contributed by atoms with E-state index in [1.165, 1.54) is 5.01 Å². The Balaban J connectivity index is 1.49. The van der Waals surface area contributed by atoms with Crippen molar-refractivity contribution in [1.29, 1.82) is 0 Å². The highest BCUT2D eigenvalue weighted by molar-refractivity contribution is 6.30. The molecule has 1 saturated heterocycles. The lowest BCUT2D eigenvalue weighted by atomic mass is 10.1. The summed E-state index contributed by atoms with van der Waals surface area (Å²) in [5.41, 5.74) is 3.10. The normalized spacial score (nSPS) is 20.4. The van der Waals surface area contributed by atoms with E-state index < -0.39 is 23.9 Å². The standard InChI is InChI=1S/C20H18ClN5O3/c1-11-3-8-15(9-12(11)2)26-19(28)17-18(20(26)29)25(24-23-17)10-16(27)22-14-6-4-13(21)5-7-14/h3-9,17-18H,10H2,1-2H3,(H,22,27)/t17-,18+/m0/s1. The summed E-state index contributed by atoms with van der Waals surface area (Å²) in [7, 11) is 0. The van der Waals surface area contributed by atoms with E-state index in [2.05, 4.69) is 15.7 Å². The molecule has 4 rings (SSSR count). The van der Waals surface area contributed by atoms with Crippen LogP contribution in [0.1, 0.15) is 11.1 Å². The lowest BCUT2D eigenvalue weighted by molar-refractivity contribution is -0.123. The van der Waals surface area contributed by atoms with Crippen molar-refractivity contribution >= 4 is 40.7 Å². The van der Waals surface area contributed by atoms with Gasteiger partial charge in [0.25, 0.3) is 11.8 Å². The molecule has 2 aliphatic rings. The summed E-state index contributed by atoms with van der Waals surface area (Å²) >= 11 is 5.84. The second kappa shape index (κ2) is 7.29. The number of nitrogens with zero attached hydrogens (tertiary/aromatic N) is 4. The minimum atomic E-state index is -0.938. The quantitative estimate of drug-likeness (QED) is 0.782. The van der Waals surface area contributed by atoms with Crippen LogP contribution in [0.15, 0.2) is 52.8 Å². The van der Waals surface area contributed by atoms with E-state index in [9.17, 15) is 14.4 Å². The van der Waals surface area contributed by atoms with Crippen molar-refractivity contribution in [2.75, 3.05) is 16.8 Å². The third-order valence-electron chi connectivity index (χ3n) is 5.04. The smallest absolute Gasteiger partial charge is 0.263 e. The van der Waals surface area contributed by atoms with E-state index >= 15 is 0 Å². The molecule has 0 aliphatic carbocycles. The number of nitrogens with one attached hydrogen (secondary N) is 1. The van der Waals surface area contributed by atoms with Crippen LogP contribution in [0.2, 0.25) is 5.02 Å². The lowest BCUT2D eigenvalue weighted by Crippen LogP contribution is -2.43. The molecule has 0 saturated carbocycles. The number of carbonyl (C=O) groups excluding carboxylic acids is 3. The Morgan fingerprint density at radius 3 is 2.48 bits per heavy atom. The molecule has 2 aromatic carbocycles. The predicted octanol–water partition coefficient (Wildman–Crippen LogP) is 2.89. The molecule has 0 radical (unpaired) electrons. The van der Waals surface area contributed by atoms with Gasteiger partial charge in [0.1, 0.15) is 6.54 Å². The van der Waals surface area contributed by atoms with E-state index in [0.717, 1.165) is 16.0 Å². The van der Waals surface area contributed by atoms with Crippen molar-refractivity contribution in [2.24, 2.45) is 10.3 Å². The van der Waals surface area contributed by atoms with E-state index in [1.54, 1.807) is 36.4 Å². The van der Waals surface area contributed by atoms with Gasteiger partial charge in [-0.25, -0.2) is 4.90 Å². The van der Waals surface area contributed by atoms with Gasteiger partial charge in [-0.3, -0.25) is 19.4 Å². The number of aryl methyl sites for hydroxylation is 2. The molecule has 2 heterocycles. The molecule has 0 unspecified atom stereocenters. The number of hydrogen-bond donors (Lipinski definition) is 1. The van der Waals surface area contributed by atoms with Gasteiger partial charge >= 0.3 is 0 Å². The Labute approximate surface area is 172 Å². The van der Waals surface area contributed by atoms with Gasteiger partial charge < -0.3 is 5.32 Å². The fourth-order valence-electron chi connectivity index (χ4n) is 3.35. The molecule has 9 heteroatoms. The molecular formula is C20H18ClN5O3. The van der Waals surface area contributed by atoms with E-state index in [0.29, 0.717) is 16.4 Å². The largest absolute Gasteiger partial charge is 0.324 e. The summed E-state index contributed by atoms with van der Waals surface area (Å²) in [6.45, 7) is 3.67. The van der Waals surface area contributed by atoms with Gasteiger partial charge in [-0.05, 0) is 61.4 Å². The monoisotopic (exact) mass is 411 g/mol. The van der Waals surface area contributed by atoms with Gasteiger partial charge in [-0.1, -0.05) is 22.9 Å². The number of rotatable bonds is 4. The third-order valence-corrected chi connectivity index (χ3v) is 5.29. The Hall–Kier alpha value is -3.26. The average molecular weight is 412 g/mol. The first-order valence-corrected chi connectivity index (χ1v) is 9.41. The summed E-state index contributed by atoms with van der Waals surface area (Å²) in [4.78, 5) is 39.2. The molecule has 0 aromatic heterocycles. The fraction of sp³-hybridized carbons (Fsp3) is 0.250. The lowest BCUT2D eigenvalue weighted by Gasteiger charge is -2.20. The maximum absolute atomic E-state index is 13.0. The molecular weight excluding hydrogens is 394 g/mol. The Morgan fingerprint density at radius 2 is 1.79 bits per heavy atom. The highest BCUT2D eigenvalue weighted by Crippen LogP contribution is 2.32. The van der Waals surface area contributed by atoms with E-state index in [-0.39, 0.29) is 12.5 Å². The summed E-state index contributed by atoms with van der Waals surface area (Å²) in [6.07, 6.45) is 0.